The van der Waals surface area contributed by atoms with Crippen LogP contribution in [0.2, 0.25) is 0 Å². The number of ether oxygens (including phenoxy) is 3. The van der Waals surface area contributed by atoms with Gasteiger partial charge in [-0.25, -0.2) is 0 Å². The van der Waals surface area contributed by atoms with Gasteiger partial charge in [0.1, 0.15) is 18.8 Å². The molecule has 0 aliphatic rings. The fourth-order valence-corrected chi connectivity index (χ4v) is 0.800. The summed E-state index contributed by atoms with van der Waals surface area (Å²) in [4.78, 5) is 10.2. The minimum absolute atomic E-state index is 0.389. The molecular formula is C11H16O4. The molecule has 0 aromatic heterocycles. The van der Waals surface area contributed by atoms with Gasteiger partial charge in [0.15, 0.2) is 0 Å². The van der Waals surface area contributed by atoms with E-state index in [9.17, 15) is 4.79 Å². The molecule has 0 aliphatic carbocycles. The molecule has 84 valence electrons. The van der Waals surface area contributed by atoms with Crippen molar-refractivity contribution in [2.45, 2.75) is 0 Å². The van der Waals surface area contributed by atoms with E-state index in [-0.39, 0.29) is 0 Å². The summed E-state index contributed by atoms with van der Waals surface area (Å²) in [6, 6.07) is 6.94. The van der Waals surface area contributed by atoms with Gasteiger partial charge in [0.25, 0.3) is 0 Å². The average molecular weight is 212 g/mol. The van der Waals surface area contributed by atoms with Crippen molar-refractivity contribution in [2.75, 3.05) is 28.1 Å². The number of methoxy groups -OCH3 is 3. The van der Waals surface area contributed by atoms with Crippen LogP contribution in [0.1, 0.15) is 10.4 Å². The number of hydrogen-bond acceptors (Lipinski definition) is 4. The van der Waals surface area contributed by atoms with Crippen LogP contribution in [0.4, 0.5) is 0 Å². The van der Waals surface area contributed by atoms with E-state index in [1.54, 1.807) is 45.6 Å². The minimum Gasteiger partial charge on any atom is -0.497 e. The van der Waals surface area contributed by atoms with Crippen molar-refractivity contribution in [2.24, 2.45) is 0 Å². The largest absolute Gasteiger partial charge is 0.497 e. The quantitative estimate of drug-likeness (QED) is 0.563. The number of carbonyl (C=O) groups is 1. The van der Waals surface area contributed by atoms with E-state index in [2.05, 4.69) is 9.47 Å². The molecule has 1 aromatic rings. The second-order valence-electron chi connectivity index (χ2n) is 2.59. The lowest BCUT2D eigenvalue weighted by Gasteiger charge is -1.96. The standard InChI is InChI=1S/C8H8O2.C3H8O2/c1-10-8-4-2-7(6-9)3-5-8;1-4-3-5-2/h2-6H,1H3;3H2,1-2H3. The molecule has 0 amide bonds. The summed E-state index contributed by atoms with van der Waals surface area (Å²) in [6.07, 6.45) is 0.805. The van der Waals surface area contributed by atoms with Gasteiger partial charge in [-0.05, 0) is 24.3 Å². The Bertz CT molecular complexity index is 254. The Hall–Kier alpha value is -1.39. The van der Waals surface area contributed by atoms with Gasteiger partial charge < -0.3 is 14.2 Å². The topological polar surface area (TPSA) is 44.8 Å². The predicted octanol–water partition coefficient (Wildman–Crippen LogP) is 1.74. The molecule has 0 radical (unpaired) electrons. The first-order valence-corrected chi connectivity index (χ1v) is 4.35. The average Bonchev–Trinajstić information content (AvgIpc) is 2.31. The molecule has 0 N–H and O–H groups in total. The van der Waals surface area contributed by atoms with E-state index in [1.807, 2.05) is 0 Å². The molecular weight excluding hydrogens is 196 g/mol. The maximum Gasteiger partial charge on any atom is 0.150 e. The first-order valence-electron chi connectivity index (χ1n) is 4.35. The monoisotopic (exact) mass is 212 g/mol. The Kier molecular flexibility index (Phi) is 8.33. The summed E-state index contributed by atoms with van der Waals surface area (Å²) in [5.74, 6) is 0.769. The molecule has 0 heterocycles. The zero-order chi connectivity index (χ0) is 11.5. The van der Waals surface area contributed by atoms with Crippen molar-refractivity contribution >= 4 is 6.29 Å². The molecule has 15 heavy (non-hydrogen) atoms. The van der Waals surface area contributed by atoms with Gasteiger partial charge in [0.2, 0.25) is 0 Å². The number of benzene rings is 1. The second-order valence-corrected chi connectivity index (χ2v) is 2.59. The summed E-state index contributed by atoms with van der Waals surface area (Å²) in [6.45, 7) is 0.389. The molecule has 1 rings (SSSR count). The van der Waals surface area contributed by atoms with Crippen LogP contribution in [0.5, 0.6) is 5.75 Å². The van der Waals surface area contributed by atoms with Gasteiger partial charge in [-0.15, -0.1) is 0 Å². The minimum atomic E-state index is 0.389. The number of carbonyl (C=O) groups excluding carboxylic acids is 1. The van der Waals surface area contributed by atoms with Crippen molar-refractivity contribution in [1.29, 1.82) is 0 Å². The fourth-order valence-electron chi connectivity index (χ4n) is 0.800. The van der Waals surface area contributed by atoms with Gasteiger partial charge in [-0.3, -0.25) is 4.79 Å². The van der Waals surface area contributed by atoms with Crippen molar-refractivity contribution < 1.29 is 19.0 Å². The molecule has 1 aromatic carbocycles. The Morgan fingerprint density at radius 1 is 1.07 bits per heavy atom. The molecule has 0 bridgehead atoms. The molecule has 4 nitrogen and oxygen atoms in total. The van der Waals surface area contributed by atoms with Crippen LogP contribution in [0.3, 0.4) is 0 Å². The Balaban J connectivity index is 0.000000336. The van der Waals surface area contributed by atoms with Crippen LogP contribution < -0.4 is 4.74 Å². The van der Waals surface area contributed by atoms with Gasteiger partial charge in [-0.2, -0.15) is 0 Å². The van der Waals surface area contributed by atoms with Gasteiger partial charge in [0.05, 0.1) is 7.11 Å². The molecule has 0 fully saturated rings. The van der Waals surface area contributed by atoms with Crippen LogP contribution >= 0.6 is 0 Å². The molecule has 0 saturated heterocycles. The van der Waals surface area contributed by atoms with Crippen molar-refractivity contribution in [1.82, 2.24) is 0 Å². The van der Waals surface area contributed by atoms with E-state index in [0.29, 0.717) is 12.4 Å². The van der Waals surface area contributed by atoms with Crippen LogP contribution in [-0.2, 0) is 9.47 Å². The van der Waals surface area contributed by atoms with E-state index in [4.69, 9.17) is 4.74 Å². The predicted molar refractivity (Wildman–Crippen MR) is 57.3 cm³/mol. The maximum atomic E-state index is 10.2. The normalized spacial score (nSPS) is 8.73. The first-order chi connectivity index (χ1) is 7.28. The number of aldehydes is 1. The van der Waals surface area contributed by atoms with Crippen LogP contribution in [-0.4, -0.2) is 34.4 Å². The maximum absolute atomic E-state index is 10.2. The number of rotatable bonds is 4. The highest BCUT2D eigenvalue weighted by Gasteiger charge is 1.89. The summed E-state index contributed by atoms with van der Waals surface area (Å²) in [5, 5.41) is 0. The van der Waals surface area contributed by atoms with Gasteiger partial charge in [-0.1, -0.05) is 0 Å². The van der Waals surface area contributed by atoms with Crippen molar-refractivity contribution in [3.8, 4) is 5.75 Å². The van der Waals surface area contributed by atoms with Crippen LogP contribution in [0.15, 0.2) is 24.3 Å². The summed E-state index contributed by atoms with van der Waals surface area (Å²) in [5.41, 5.74) is 0.667. The fraction of sp³-hybridized carbons (Fsp3) is 0.364. The van der Waals surface area contributed by atoms with E-state index in [1.165, 1.54) is 0 Å². The summed E-state index contributed by atoms with van der Waals surface area (Å²) >= 11 is 0. The lowest BCUT2D eigenvalue weighted by Crippen LogP contribution is -1.87. The Labute approximate surface area is 89.8 Å². The number of hydrogen-bond donors (Lipinski definition) is 0. The molecule has 0 spiro atoms. The molecule has 0 aliphatic heterocycles. The smallest absolute Gasteiger partial charge is 0.150 e. The van der Waals surface area contributed by atoms with E-state index in [0.717, 1.165) is 12.0 Å². The molecule has 0 atom stereocenters. The third-order valence-corrected chi connectivity index (χ3v) is 1.49. The second kappa shape index (κ2) is 9.18. The highest BCUT2D eigenvalue weighted by atomic mass is 16.6. The summed E-state index contributed by atoms with van der Waals surface area (Å²) in [7, 11) is 4.77. The third kappa shape index (κ3) is 6.65. The molecule has 0 unspecified atom stereocenters. The van der Waals surface area contributed by atoms with E-state index >= 15 is 0 Å². The lowest BCUT2D eigenvalue weighted by atomic mass is 10.2. The Morgan fingerprint density at radius 3 is 1.87 bits per heavy atom. The zero-order valence-electron chi connectivity index (χ0n) is 9.23. The van der Waals surface area contributed by atoms with E-state index < -0.39 is 0 Å². The highest BCUT2D eigenvalue weighted by molar-refractivity contribution is 5.74. The van der Waals surface area contributed by atoms with Crippen molar-refractivity contribution in [3.63, 3.8) is 0 Å². The SMILES string of the molecule is COCOC.COc1ccc(C=O)cc1. The van der Waals surface area contributed by atoms with Crippen LogP contribution in [0.25, 0.3) is 0 Å². The van der Waals surface area contributed by atoms with Gasteiger partial charge >= 0.3 is 0 Å². The third-order valence-electron chi connectivity index (χ3n) is 1.49. The Morgan fingerprint density at radius 2 is 1.60 bits per heavy atom. The first kappa shape index (κ1) is 13.6. The lowest BCUT2D eigenvalue weighted by molar-refractivity contribution is -0.00272. The van der Waals surface area contributed by atoms with Crippen LogP contribution in [0, 0.1) is 0 Å². The molecule has 0 saturated carbocycles. The van der Waals surface area contributed by atoms with Gasteiger partial charge in [0, 0.05) is 19.8 Å². The zero-order valence-corrected chi connectivity index (χ0v) is 9.23. The highest BCUT2D eigenvalue weighted by Crippen LogP contribution is 2.09. The van der Waals surface area contributed by atoms with Crippen molar-refractivity contribution in [3.05, 3.63) is 29.8 Å². The molecule has 4 heteroatoms. The summed E-state index contributed by atoms with van der Waals surface area (Å²) < 4.78 is 13.8.